The largest absolute Gasteiger partial charge is 0.373 e. The van der Waals surface area contributed by atoms with Crippen LogP contribution in [-0.2, 0) is 11.3 Å². The summed E-state index contributed by atoms with van der Waals surface area (Å²) in [5.74, 6) is 0.575. The fourth-order valence-corrected chi connectivity index (χ4v) is 1.94. The number of aromatic nitrogens is 2. The fraction of sp³-hybridized carbons (Fsp3) is 0.467. The molecule has 1 aromatic carbocycles. The molecule has 5 heteroatoms. The zero-order chi connectivity index (χ0) is 14.4. The Bertz CT molecular complexity index is 607. The Morgan fingerprint density at radius 2 is 2.15 bits per heavy atom. The minimum atomic E-state index is -0.115. The molecule has 0 atom stereocenters. The summed E-state index contributed by atoms with van der Waals surface area (Å²) in [4.78, 5) is 19.0. The standard InChI is InChI=1S/C15H21N3O2/c1-11(2)16-8-5-9-20-10-14-17-13-7-4-3-6-12(13)15(19)18-14/h3-4,6-7,11,16H,5,8-10H2,1-2H3,(H,17,18,19). The van der Waals surface area contributed by atoms with Gasteiger partial charge in [-0.25, -0.2) is 4.98 Å². The molecule has 0 fully saturated rings. The van der Waals surface area contributed by atoms with Crippen molar-refractivity contribution in [3.63, 3.8) is 0 Å². The molecule has 0 aliphatic carbocycles. The lowest BCUT2D eigenvalue weighted by Crippen LogP contribution is -2.24. The average Bonchev–Trinajstić information content (AvgIpc) is 2.42. The number of hydrogen-bond acceptors (Lipinski definition) is 4. The highest BCUT2D eigenvalue weighted by Gasteiger charge is 2.03. The highest BCUT2D eigenvalue weighted by Crippen LogP contribution is 2.06. The molecular weight excluding hydrogens is 254 g/mol. The zero-order valence-electron chi connectivity index (χ0n) is 12.0. The number of ether oxygens (including phenoxy) is 1. The summed E-state index contributed by atoms with van der Waals surface area (Å²) in [7, 11) is 0. The molecular formula is C15H21N3O2. The van der Waals surface area contributed by atoms with E-state index in [1.807, 2.05) is 18.2 Å². The van der Waals surface area contributed by atoms with Crippen molar-refractivity contribution < 1.29 is 4.74 Å². The van der Waals surface area contributed by atoms with Crippen LogP contribution >= 0.6 is 0 Å². The molecule has 0 aliphatic rings. The van der Waals surface area contributed by atoms with Crippen molar-refractivity contribution >= 4 is 10.9 Å². The van der Waals surface area contributed by atoms with Gasteiger partial charge in [-0.3, -0.25) is 4.79 Å². The van der Waals surface area contributed by atoms with E-state index in [1.165, 1.54) is 0 Å². The third-order valence-corrected chi connectivity index (χ3v) is 2.92. The number of H-pyrrole nitrogens is 1. The van der Waals surface area contributed by atoms with Gasteiger partial charge < -0.3 is 15.0 Å². The lowest BCUT2D eigenvalue weighted by Gasteiger charge is -2.08. The molecule has 0 aliphatic heterocycles. The Morgan fingerprint density at radius 1 is 1.35 bits per heavy atom. The molecule has 0 bridgehead atoms. The monoisotopic (exact) mass is 275 g/mol. The molecule has 0 unspecified atom stereocenters. The molecule has 2 aromatic rings. The highest BCUT2D eigenvalue weighted by atomic mass is 16.5. The van der Waals surface area contributed by atoms with Gasteiger partial charge in [0.2, 0.25) is 0 Å². The Balaban J connectivity index is 1.86. The van der Waals surface area contributed by atoms with E-state index in [2.05, 4.69) is 29.1 Å². The van der Waals surface area contributed by atoms with Crippen LogP contribution in [-0.4, -0.2) is 29.2 Å². The van der Waals surface area contributed by atoms with Crippen molar-refractivity contribution in [1.82, 2.24) is 15.3 Å². The van der Waals surface area contributed by atoms with Crippen molar-refractivity contribution in [3.05, 3.63) is 40.4 Å². The van der Waals surface area contributed by atoms with Crippen molar-refractivity contribution in [2.24, 2.45) is 0 Å². The smallest absolute Gasteiger partial charge is 0.258 e. The predicted molar refractivity (Wildman–Crippen MR) is 79.8 cm³/mol. The number of nitrogens with one attached hydrogen (secondary N) is 2. The molecule has 0 saturated heterocycles. The van der Waals surface area contributed by atoms with Crippen LogP contribution in [0.15, 0.2) is 29.1 Å². The van der Waals surface area contributed by atoms with E-state index in [0.29, 0.717) is 36.0 Å². The topological polar surface area (TPSA) is 67.0 Å². The lowest BCUT2D eigenvalue weighted by atomic mass is 10.2. The number of fused-ring (bicyclic) bond motifs is 1. The zero-order valence-corrected chi connectivity index (χ0v) is 12.0. The number of rotatable bonds is 7. The summed E-state index contributed by atoms with van der Waals surface area (Å²) in [6.45, 7) is 6.15. The van der Waals surface area contributed by atoms with Crippen LogP contribution in [0.25, 0.3) is 10.9 Å². The summed E-state index contributed by atoms with van der Waals surface area (Å²) in [6.07, 6.45) is 0.940. The van der Waals surface area contributed by atoms with Gasteiger partial charge in [-0.05, 0) is 25.1 Å². The number of hydrogen-bond donors (Lipinski definition) is 2. The predicted octanol–water partition coefficient (Wildman–Crippen LogP) is 1.83. The van der Waals surface area contributed by atoms with Crippen LogP contribution in [0.1, 0.15) is 26.1 Å². The number of benzene rings is 1. The van der Waals surface area contributed by atoms with Gasteiger partial charge >= 0.3 is 0 Å². The summed E-state index contributed by atoms with van der Waals surface area (Å²) < 4.78 is 5.53. The molecule has 1 aromatic heterocycles. The maximum absolute atomic E-state index is 11.8. The lowest BCUT2D eigenvalue weighted by molar-refractivity contribution is 0.113. The van der Waals surface area contributed by atoms with Gasteiger partial charge in [0.25, 0.3) is 5.56 Å². The SMILES string of the molecule is CC(C)NCCCOCc1nc2ccccc2c(=O)[nH]1. The average molecular weight is 275 g/mol. The second-order valence-electron chi connectivity index (χ2n) is 5.04. The van der Waals surface area contributed by atoms with Crippen molar-refractivity contribution in [2.75, 3.05) is 13.2 Å². The van der Waals surface area contributed by atoms with Gasteiger partial charge in [0.05, 0.1) is 10.9 Å². The van der Waals surface area contributed by atoms with Gasteiger partial charge in [-0.1, -0.05) is 26.0 Å². The van der Waals surface area contributed by atoms with Gasteiger partial charge in [-0.2, -0.15) is 0 Å². The quantitative estimate of drug-likeness (QED) is 0.757. The van der Waals surface area contributed by atoms with Crippen LogP contribution in [0.4, 0.5) is 0 Å². The number of para-hydroxylation sites is 1. The molecule has 108 valence electrons. The fourth-order valence-electron chi connectivity index (χ4n) is 1.94. The van der Waals surface area contributed by atoms with E-state index in [-0.39, 0.29) is 5.56 Å². The summed E-state index contributed by atoms with van der Waals surface area (Å²) in [5.41, 5.74) is 0.590. The molecule has 0 saturated carbocycles. The van der Waals surface area contributed by atoms with Crippen LogP contribution in [0.5, 0.6) is 0 Å². The van der Waals surface area contributed by atoms with Crippen molar-refractivity contribution in [1.29, 1.82) is 0 Å². The third kappa shape index (κ3) is 4.15. The normalized spacial score (nSPS) is 11.3. The van der Waals surface area contributed by atoms with Crippen LogP contribution in [0.2, 0.25) is 0 Å². The second kappa shape index (κ2) is 7.17. The van der Waals surface area contributed by atoms with Crippen LogP contribution in [0, 0.1) is 0 Å². The first-order valence-electron chi connectivity index (χ1n) is 6.96. The van der Waals surface area contributed by atoms with E-state index in [1.54, 1.807) is 6.07 Å². The molecule has 1 heterocycles. The second-order valence-corrected chi connectivity index (χ2v) is 5.04. The highest BCUT2D eigenvalue weighted by molar-refractivity contribution is 5.77. The molecule has 0 amide bonds. The maximum atomic E-state index is 11.8. The molecule has 20 heavy (non-hydrogen) atoms. The van der Waals surface area contributed by atoms with E-state index in [0.717, 1.165) is 13.0 Å². The van der Waals surface area contributed by atoms with E-state index >= 15 is 0 Å². The van der Waals surface area contributed by atoms with E-state index < -0.39 is 0 Å². The minimum absolute atomic E-state index is 0.115. The Hall–Kier alpha value is -1.72. The van der Waals surface area contributed by atoms with E-state index in [9.17, 15) is 4.79 Å². The summed E-state index contributed by atoms with van der Waals surface area (Å²) in [5, 5.41) is 3.93. The first kappa shape index (κ1) is 14.7. The third-order valence-electron chi connectivity index (χ3n) is 2.92. The summed E-state index contributed by atoms with van der Waals surface area (Å²) in [6, 6.07) is 7.80. The molecule has 2 rings (SSSR count). The Labute approximate surface area is 118 Å². The first-order chi connectivity index (χ1) is 9.66. The molecule has 2 N–H and O–H groups in total. The van der Waals surface area contributed by atoms with Crippen molar-refractivity contribution in [2.45, 2.75) is 32.9 Å². The van der Waals surface area contributed by atoms with Crippen LogP contribution in [0.3, 0.4) is 0 Å². The number of aromatic amines is 1. The minimum Gasteiger partial charge on any atom is -0.373 e. The van der Waals surface area contributed by atoms with Gasteiger partial charge in [0, 0.05) is 12.6 Å². The Morgan fingerprint density at radius 3 is 2.95 bits per heavy atom. The van der Waals surface area contributed by atoms with Gasteiger partial charge in [-0.15, -0.1) is 0 Å². The Kier molecular flexibility index (Phi) is 5.26. The van der Waals surface area contributed by atoms with Gasteiger partial charge in [0.1, 0.15) is 12.4 Å². The molecule has 0 spiro atoms. The maximum Gasteiger partial charge on any atom is 0.258 e. The summed E-state index contributed by atoms with van der Waals surface area (Å²) >= 11 is 0. The molecule has 0 radical (unpaired) electrons. The van der Waals surface area contributed by atoms with E-state index in [4.69, 9.17) is 4.74 Å². The molecule has 5 nitrogen and oxygen atoms in total. The first-order valence-corrected chi connectivity index (χ1v) is 6.96. The van der Waals surface area contributed by atoms with Crippen LogP contribution < -0.4 is 10.9 Å². The van der Waals surface area contributed by atoms with Gasteiger partial charge in [0.15, 0.2) is 0 Å². The number of nitrogens with zero attached hydrogens (tertiary/aromatic N) is 1. The van der Waals surface area contributed by atoms with Crippen molar-refractivity contribution in [3.8, 4) is 0 Å².